The van der Waals surface area contributed by atoms with Crippen molar-refractivity contribution in [2.75, 3.05) is 0 Å². The van der Waals surface area contributed by atoms with Gasteiger partial charge in [0, 0.05) is 18.6 Å². The van der Waals surface area contributed by atoms with E-state index in [1.54, 1.807) is 6.07 Å². The Morgan fingerprint density at radius 1 is 1.37 bits per heavy atom. The molecule has 0 fully saturated rings. The summed E-state index contributed by atoms with van der Waals surface area (Å²) in [6, 6.07) is 4.84. The van der Waals surface area contributed by atoms with Crippen molar-refractivity contribution in [3.05, 3.63) is 45.5 Å². The van der Waals surface area contributed by atoms with Gasteiger partial charge >= 0.3 is 0 Å². The molecule has 4 heteroatoms. The van der Waals surface area contributed by atoms with Gasteiger partial charge in [0.05, 0.1) is 4.92 Å². The van der Waals surface area contributed by atoms with Crippen molar-refractivity contribution in [2.45, 2.75) is 39.0 Å². The number of ketones is 1. The van der Waals surface area contributed by atoms with E-state index in [-0.39, 0.29) is 17.9 Å². The average molecular weight is 259 g/mol. The Morgan fingerprint density at radius 2 is 2.16 bits per heavy atom. The molecular formula is C15H17NO3. The summed E-state index contributed by atoms with van der Waals surface area (Å²) in [5.41, 5.74) is 3.05. The van der Waals surface area contributed by atoms with Crippen molar-refractivity contribution in [3.8, 4) is 0 Å². The highest BCUT2D eigenvalue weighted by atomic mass is 16.6. The summed E-state index contributed by atoms with van der Waals surface area (Å²) in [6.45, 7) is 1.51. The van der Waals surface area contributed by atoms with Crippen LogP contribution >= 0.6 is 0 Å². The van der Waals surface area contributed by atoms with Crippen LogP contribution in [0.1, 0.15) is 43.7 Å². The molecule has 0 heterocycles. The molecule has 0 unspecified atom stereocenters. The minimum atomic E-state index is -0.414. The van der Waals surface area contributed by atoms with Gasteiger partial charge in [0.1, 0.15) is 5.78 Å². The van der Waals surface area contributed by atoms with E-state index in [2.05, 4.69) is 6.08 Å². The Balaban J connectivity index is 2.43. The number of benzene rings is 1. The van der Waals surface area contributed by atoms with Crippen LogP contribution in [0.4, 0.5) is 5.69 Å². The Morgan fingerprint density at radius 3 is 2.74 bits per heavy atom. The quantitative estimate of drug-likeness (QED) is 0.612. The monoisotopic (exact) mass is 259 g/mol. The average Bonchev–Trinajstić information content (AvgIpc) is 2.39. The molecule has 0 saturated heterocycles. The SMILES string of the molecule is CC(=O)Cc1cc([N+](=O)[O-])ccc1C1=CCCCC1. The maximum atomic E-state index is 11.3. The standard InChI is InChI=1S/C15H17NO3/c1-11(17)9-13-10-14(16(18)19)7-8-15(13)12-5-3-2-4-6-12/h5,7-8,10H,2-4,6,9H2,1H3. The Bertz CT molecular complexity index is 546. The first-order valence-electron chi connectivity index (χ1n) is 6.54. The molecule has 0 amide bonds. The zero-order valence-corrected chi connectivity index (χ0v) is 11.0. The van der Waals surface area contributed by atoms with E-state index >= 15 is 0 Å². The first-order valence-corrected chi connectivity index (χ1v) is 6.54. The molecule has 1 aliphatic carbocycles. The van der Waals surface area contributed by atoms with Crippen LogP contribution in [0.3, 0.4) is 0 Å². The number of carbonyl (C=O) groups excluding carboxylic acids is 1. The van der Waals surface area contributed by atoms with Crippen LogP contribution in [0.2, 0.25) is 0 Å². The van der Waals surface area contributed by atoms with E-state index in [0.29, 0.717) is 0 Å². The van der Waals surface area contributed by atoms with Gasteiger partial charge in [0.15, 0.2) is 0 Å². The van der Waals surface area contributed by atoms with Crippen LogP contribution in [0.15, 0.2) is 24.3 Å². The lowest BCUT2D eigenvalue weighted by Gasteiger charge is -2.16. The van der Waals surface area contributed by atoms with Gasteiger partial charge in [-0.3, -0.25) is 14.9 Å². The van der Waals surface area contributed by atoms with Crippen LogP contribution in [0.5, 0.6) is 0 Å². The van der Waals surface area contributed by atoms with Crippen molar-refractivity contribution in [2.24, 2.45) is 0 Å². The minimum Gasteiger partial charge on any atom is -0.300 e. The van der Waals surface area contributed by atoms with Gasteiger partial charge in [-0.1, -0.05) is 6.08 Å². The third-order valence-electron chi connectivity index (χ3n) is 3.38. The highest BCUT2D eigenvalue weighted by Crippen LogP contribution is 2.31. The number of hydrogen-bond acceptors (Lipinski definition) is 3. The van der Waals surface area contributed by atoms with Crippen molar-refractivity contribution >= 4 is 17.0 Å². The second kappa shape index (κ2) is 5.78. The number of nitrogens with zero attached hydrogens (tertiary/aromatic N) is 1. The van der Waals surface area contributed by atoms with E-state index in [9.17, 15) is 14.9 Å². The number of nitro benzene ring substituents is 1. The largest absolute Gasteiger partial charge is 0.300 e. The van der Waals surface area contributed by atoms with Gasteiger partial charge in [-0.05, 0) is 55.4 Å². The fourth-order valence-electron chi connectivity index (χ4n) is 2.50. The molecule has 0 N–H and O–H groups in total. The van der Waals surface area contributed by atoms with E-state index in [0.717, 1.165) is 30.4 Å². The van der Waals surface area contributed by atoms with Crippen molar-refractivity contribution in [1.29, 1.82) is 0 Å². The van der Waals surface area contributed by atoms with Crippen LogP contribution in [0, 0.1) is 10.1 Å². The zero-order valence-electron chi connectivity index (χ0n) is 11.0. The maximum absolute atomic E-state index is 11.3. The molecular weight excluding hydrogens is 242 g/mol. The number of hydrogen-bond donors (Lipinski definition) is 0. The number of allylic oxidation sites excluding steroid dienone is 2. The summed E-state index contributed by atoms with van der Waals surface area (Å²) >= 11 is 0. The second-order valence-electron chi connectivity index (χ2n) is 4.95. The van der Waals surface area contributed by atoms with Gasteiger partial charge < -0.3 is 0 Å². The molecule has 1 aliphatic rings. The number of carbonyl (C=O) groups is 1. The molecule has 0 bridgehead atoms. The van der Waals surface area contributed by atoms with Gasteiger partial charge in [0.25, 0.3) is 5.69 Å². The molecule has 19 heavy (non-hydrogen) atoms. The highest BCUT2D eigenvalue weighted by molar-refractivity contribution is 5.81. The van der Waals surface area contributed by atoms with Crippen molar-refractivity contribution < 1.29 is 9.72 Å². The summed E-state index contributed by atoms with van der Waals surface area (Å²) in [5, 5.41) is 10.8. The summed E-state index contributed by atoms with van der Waals surface area (Å²) in [6.07, 6.45) is 6.82. The second-order valence-corrected chi connectivity index (χ2v) is 4.95. The van der Waals surface area contributed by atoms with Crippen molar-refractivity contribution in [1.82, 2.24) is 0 Å². The van der Waals surface area contributed by atoms with E-state index in [1.165, 1.54) is 31.1 Å². The number of Topliss-reactive ketones (excluding diaryl/α,β-unsaturated/α-hetero) is 1. The molecule has 4 nitrogen and oxygen atoms in total. The Labute approximate surface area is 112 Å². The third kappa shape index (κ3) is 3.28. The van der Waals surface area contributed by atoms with E-state index in [1.807, 2.05) is 0 Å². The molecule has 0 aliphatic heterocycles. The Kier molecular flexibility index (Phi) is 4.10. The topological polar surface area (TPSA) is 60.2 Å². The molecule has 0 saturated carbocycles. The lowest BCUT2D eigenvalue weighted by atomic mass is 9.89. The predicted molar refractivity (Wildman–Crippen MR) is 73.9 cm³/mol. The molecule has 100 valence electrons. The van der Waals surface area contributed by atoms with Crippen LogP contribution < -0.4 is 0 Å². The lowest BCUT2D eigenvalue weighted by Crippen LogP contribution is -2.03. The summed E-state index contributed by atoms with van der Waals surface area (Å²) in [4.78, 5) is 21.8. The third-order valence-corrected chi connectivity index (χ3v) is 3.38. The number of rotatable bonds is 4. The van der Waals surface area contributed by atoms with Crippen LogP contribution in [0.25, 0.3) is 5.57 Å². The fraction of sp³-hybridized carbons (Fsp3) is 0.400. The lowest BCUT2D eigenvalue weighted by molar-refractivity contribution is -0.384. The molecule has 2 rings (SSSR count). The van der Waals surface area contributed by atoms with Crippen LogP contribution in [-0.2, 0) is 11.2 Å². The van der Waals surface area contributed by atoms with Crippen LogP contribution in [-0.4, -0.2) is 10.7 Å². The van der Waals surface area contributed by atoms with Gasteiger partial charge in [-0.15, -0.1) is 0 Å². The minimum absolute atomic E-state index is 0.0261. The first-order chi connectivity index (χ1) is 9.08. The van der Waals surface area contributed by atoms with Crippen molar-refractivity contribution in [3.63, 3.8) is 0 Å². The molecule has 1 aromatic carbocycles. The predicted octanol–water partition coefficient (Wildman–Crippen LogP) is 3.68. The molecule has 1 aromatic rings. The summed E-state index contributed by atoms with van der Waals surface area (Å²) < 4.78 is 0. The molecule has 0 spiro atoms. The zero-order chi connectivity index (χ0) is 13.8. The maximum Gasteiger partial charge on any atom is 0.269 e. The molecule has 0 aromatic heterocycles. The van der Waals surface area contributed by atoms with E-state index < -0.39 is 4.92 Å². The normalized spacial score (nSPS) is 14.9. The van der Waals surface area contributed by atoms with Gasteiger partial charge in [-0.2, -0.15) is 0 Å². The smallest absolute Gasteiger partial charge is 0.269 e. The molecule has 0 atom stereocenters. The number of nitro groups is 1. The first kappa shape index (κ1) is 13.5. The van der Waals surface area contributed by atoms with Gasteiger partial charge in [0.2, 0.25) is 0 Å². The highest BCUT2D eigenvalue weighted by Gasteiger charge is 2.15. The van der Waals surface area contributed by atoms with Gasteiger partial charge in [-0.25, -0.2) is 0 Å². The molecule has 0 radical (unpaired) electrons. The van der Waals surface area contributed by atoms with E-state index in [4.69, 9.17) is 0 Å². The fourth-order valence-corrected chi connectivity index (χ4v) is 2.50. The summed E-state index contributed by atoms with van der Waals surface area (Å²) in [7, 11) is 0. The number of non-ortho nitro benzene ring substituents is 1. The Hall–Kier alpha value is -1.97. The summed E-state index contributed by atoms with van der Waals surface area (Å²) in [5.74, 6) is 0.0261.